The Kier molecular flexibility index (Phi) is 5.90. The minimum absolute atomic E-state index is 0.147. The molecule has 0 radical (unpaired) electrons. The minimum atomic E-state index is -0.147. The lowest BCUT2D eigenvalue weighted by Crippen LogP contribution is -2.29. The molecule has 0 saturated carbocycles. The summed E-state index contributed by atoms with van der Waals surface area (Å²) in [6.45, 7) is 0.961. The van der Waals surface area contributed by atoms with Gasteiger partial charge >= 0.3 is 0 Å². The summed E-state index contributed by atoms with van der Waals surface area (Å²) in [5.74, 6) is 1.83. The summed E-state index contributed by atoms with van der Waals surface area (Å²) in [7, 11) is 0. The summed E-state index contributed by atoms with van der Waals surface area (Å²) in [6, 6.07) is 16.5. The quantitative estimate of drug-likeness (QED) is 0.390. The maximum atomic E-state index is 12.4. The Morgan fingerprint density at radius 2 is 1.80 bits per heavy atom. The molecule has 0 unspecified atom stereocenters. The van der Waals surface area contributed by atoms with Crippen LogP contribution in [-0.2, 0) is 0 Å². The van der Waals surface area contributed by atoms with Crippen LogP contribution in [0, 0.1) is 0 Å². The van der Waals surface area contributed by atoms with Crippen molar-refractivity contribution in [2.75, 3.05) is 23.7 Å². The molecule has 0 spiro atoms. The number of pyridine rings is 1. The molecule has 0 saturated heterocycles. The number of nitrogens with one attached hydrogen (secondary N) is 3. The lowest BCUT2D eigenvalue weighted by Gasteiger charge is -2.10. The molecule has 1 amide bonds. The van der Waals surface area contributed by atoms with Gasteiger partial charge in [0, 0.05) is 43.3 Å². The van der Waals surface area contributed by atoms with Gasteiger partial charge in [0.05, 0.1) is 5.69 Å². The van der Waals surface area contributed by atoms with Crippen molar-refractivity contribution in [3.63, 3.8) is 0 Å². The SMILES string of the molecule is O=C(NCCNc1cc(Nc2ccccn2)ncn1)c1cccc(-n2cccn2)c1. The first-order chi connectivity index (χ1) is 14.8. The summed E-state index contributed by atoms with van der Waals surface area (Å²) >= 11 is 0. The fourth-order valence-corrected chi connectivity index (χ4v) is 2.77. The number of aromatic nitrogens is 5. The molecule has 30 heavy (non-hydrogen) atoms. The maximum absolute atomic E-state index is 12.4. The van der Waals surface area contributed by atoms with E-state index in [1.807, 2.05) is 42.6 Å². The van der Waals surface area contributed by atoms with Crippen LogP contribution in [0.1, 0.15) is 10.4 Å². The molecule has 0 aliphatic carbocycles. The summed E-state index contributed by atoms with van der Waals surface area (Å²) in [4.78, 5) is 25.0. The Balaban J connectivity index is 1.28. The van der Waals surface area contributed by atoms with Crippen LogP contribution >= 0.6 is 0 Å². The van der Waals surface area contributed by atoms with Crippen molar-refractivity contribution >= 4 is 23.4 Å². The van der Waals surface area contributed by atoms with Crippen molar-refractivity contribution in [1.29, 1.82) is 0 Å². The monoisotopic (exact) mass is 400 g/mol. The molecular weight excluding hydrogens is 380 g/mol. The summed E-state index contributed by atoms with van der Waals surface area (Å²) in [6.07, 6.45) is 6.70. The second-order valence-corrected chi connectivity index (χ2v) is 6.31. The van der Waals surface area contributed by atoms with Gasteiger partial charge in [-0.05, 0) is 36.4 Å². The van der Waals surface area contributed by atoms with Crippen LogP contribution in [0.15, 0.2) is 79.5 Å². The van der Waals surface area contributed by atoms with Gasteiger partial charge in [0.25, 0.3) is 5.91 Å². The second-order valence-electron chi connectivity index (χ2n) is 6.31. The Hall–Kier alpha value is -4.27. The van der Waals surface area contributed by atoms with E-state index in [0.717, 1.165) is 5.69 Å². The Morgan fingerprint density at radius 3 is 2.63 bits per heavy atom. The van der Waals surface area contributed by atoms with Gasteiger partial charge in [0.2, 0.25) is 0 Å². The van der Waals surface area contributed by atoms with E-state index in [1.54, 1.807) is 35.3 Å². The molecule has 3 aromatic heterocycles. The number of benzene rings is 1. The lowest BCUT2D eigenvalue weighted by atomic mass is 10.2. The number of hydrogen-bond donors (Lipinski definition) is 3. The van der Waals surface area contributed by atoms with E-state index in [2.05, 4.69) is 36.0 Å². The molecule has 0 aliphatic heterocycles. The molecule has 4 aromatic rings. The molecule has 3 heterocycles. The highest BCUT2D eigenvalue weighted by molar-refractivity contribution is 5.94. The van der Waals surface area contributed by atoms with Crippen LogP contribution in [0.25, 0.3) is 5.69 Å². The molecule has 0 fully saturated rings. The normalized spacial score (nSPS) is 10.4. The van der Waals surface area contributed by atoms with Gasteiger partial charge in [0.15, 0.2) is 0 Å². The van der Waals surface area contributed by atoms with Crippen LogP contribution in [-0.4, -0.2) is 43.7 Å². The summed E-state index contributed by atoms with van der Waals surface area (Å²) in [5, 5.41) is 13.4. The number of hydrogen-bond acceptors (Lipinski definition) is 7. The third-order valence-electron chi connectivity index (χ3n) is 4.18. The standard InChI is InChI=1S/C21H20N8O/c30-21(16-5-3-6-17(13-16)29-12-4-9-27-29)24-11-10-23-19-14-20(26-15-25-19)28-18-7-1-2-8-22-18/h1-9,12-15H,10-11H2,(H,24,30)(H2,22,23,25,26,28). The fourth-order valence-electron chi connectivity index (χ4n) is 2.77. The Morgan fingerprint density at radius 1 is 0.867 bits per heavy atom. The minimum Gasteiger partial charge on any atom is -0.368 e. The van der Waals surface area contributed by atoms with Gasteiger partial charge in [-0.3, -0.25) is 4.79 Å². The third-order valence-corrected chi connectivity index (χ3v) is 4.18. The van der Waals surface area contributed by atoms with Crippen molar-refractivity contribution in [2.24, 2.45) is 0 Å². The summed E-state index contributed by atoms with van der Waals surface area (Å²) < 4.78 is 1.71. The topological polar surface area (TPSA) is 110 Å². The maximum Gasteiger partial charge on any atom is 0.251 e. The Labute approximate surface area is 173 Å². The molecule has 0 bridgehead atoms. The van der Waals surface area contributed by atoms with E-state index in [9.17, 15) is 4.79 Å². The van der Waals surface area contributed by atoms with Crippen molar-refractivity contribution in [3.8, 4) is 5.69 Å². The largest absolute Gasteiger partial charge is 0.368 e. The van der Waals surface area contributed by atoms with Crippen molar-refractivity contribution < 1.29 is 4.79 Å². The first-order valence-electron chi connectivity index (χ1n) is 9.40. The van der Waals surface area contributed by atoms with Gasteiger partial charge < -0.3 is 16.0 Å². The molecule has 0 aliphatic rings. The molecule has 9 heteroatoms. The Bertz CT molecular complexity index is 1100. The molecular formula is C21H20N8O. The number of carbonyl (C=O) groups excluding carboxylic acids is 1. The van der Waals surface area contributed by atoms with E-state index in [4.69, 9.17) is 0 Å². The first-order valence-corrected chi connectivity index (χ1v) is 9.40. The van der Waals surface area contributed by atoms with Crippen molar-refractivity contribution in [1.82, 2.24) is 30.0 Å². The number of amides is 1. The van der Waals surface area contributed by atoms with Gasteiger partial charge in [-0.25, -0.2) is 19.6 Å². The predicted molar refractivity (Wildman–Crippen MR) is 114 cm³/mol. The lowest BCUT2D eigenvalue weighted by molar-refractivity contribution is 0.0955. The smallest absolute Gasteiger partial charge is 0.251 e. The van der Waals surface area contributed by atoms with E-state index >= 15 is 0 Å². The molecule has 3 N–H and O–H groups in total. The zero-order valence-corrected chi connectivity index (χ0v) is 16.1. The molecule has 150 valence electrons. The fraction of sp³-hybridized carbons (Fsp3) is 0.0952. The van der Waals surface area contributed by atoms with E-state index in [-0.39, 0.29) is 5.91 Å². The van der Waals surface area contributed by atoms with Gasteiger partial charge in [-0.1, -0.05) is 12.1 Å². The third kappa shape index (κ3) is 4.96. The zero-order valence-electron chi connectivity index (χ0n) is 16.1. The van der Waals surface area contributed by atoms with Gasteiger partial charge in [0.1, 0.15) is 23.8 Å². The highest BCUT2D eigenvalue weighted by atomic mass is 16.1. The molecule has 4 rings (SSSR count). The van der Waals surface area contributed by atoms with Crippen LogP contribution < -0.4 is 16.0 Å². The van der Waals surface area contributed by atoms with E-state index in [0.29, 0.717) is 36.1 Å². The molecule has 0 atom stereocenters. The average molecular weight is 400 g/mol. The molecule has 9 nitrogen and oxygen atoms in total. The van der Waals surface area contributed by atoms with Crippen molar-refractivity contribution in [2.45, 2.75) is 0 Å². The number of carbonyl (C=O) groups is 1. The van der Waals surface area contributed by atoms with Gasteiger partial charge in [-0.2, -0.15) is 5.10 Å². The van der Waals surface area contributed by atoms with Gasteiger partial charge in [-0.15, -0.1) is 0 Å². The van der Waals surface area contributed by atoms with E-state index < -0.39 is 0 Å². The van der Waals surface area contributed by atoms with Crippen LogP contribution in [0.4, 0.5) is 17.5 Å². The second kappa shape index (κ2) is 9.28. The first kappa shape index (κ1) is 19.1. The summed E-state index contributed by atoms with van der Waals surface area (Å²) in [5.41, 5.74) is 1.41. The van der Waals surface area contributed by atoms with Crippen LogP contribution in [0.2, 0.25) is 0 Å². The van der Waals surface area contributed by atoms with E-state index in [1.165, 1.54) is 6.33 Å². The highest BCUT2D eigenvalue weighted by Crippen LogP contribution is 2.13. The average Bonchev–Trinajstić information content (AvgIpc) is 3.33. The zero-order chi connectivity index (χ0) is 20.6. The molecule has 1 aromatic carbocycles. The number of rotatable bonds is 8. The van der Waals surface area contributed by atoms with Crippen molar-refractivity contribution in [3.05, 3.63) is 85.1 Å². The van der Waals surface area contributed by atoms with Crippen LogP contribution in [0.5, 0.6) is 0 Å². The number of nitrogens with zero attached hydrogens (tertiary/aromatic N) is 5. The predicted octanol–water partition coefficient (Wildman–Crippen LogP) is 2.64. The van der Waals surface area contributed by atoms with Crippen LogP contribution in [0.3, 0.4) is 0 Å². The number of anilines is 3. The highest BCUT2D eigenvalue weighted by Gasteiger charge is 2.07.